The van der Waals surface area contributed by atoms with Gasteiger partial charge in [-0.15, -0.1) is 0 Å². The molecule has 0 saturated carbocycles. The molecule has 7 heteroatoms. The maximum absolute atomic E-state index is 13.2. The molecule has 30 heavy (non-hydrogen) atoms. The lowest BCUT2D eigenvalue weighted by atomic mass is 9.97. The van der Waals surface area contributed by atoms with E-state index < -0.39 is 10.0 Å². The Morgan fingerprint density at radius 1 is 1.07 bits per heavy atom. The molecule has 4 rings (SSSR count). The molecule has 6 nitrogen and oxygen atoms in total. The van der Waals surface area contributed by atoms with Gasteiger partial charge in [0.2, 0.25) is 0 Å². The number of carbonyl (C=O) groups is 1. The van der Waals surface area contributed by atoms with Crippen LogP contribution in [0.3, 0.4) is 0 Å². The molecule has 0 radical (unpaired) electrons. The van der Waals surface area contributed by atoms with Crippen molar-refractivity contribution in [1.29, 1.82) is 0 Å². The summed E-state index contributed by atoms with van der Waals surface area (Å²) in [5.41, 5.74) is 1.85. The van der Waals surface area contributed by atoms with Gasteiger partial charge in [0.25, 0.3) is 15.9 Å². The Bertz CT molecular complexity index is 1030. The Labute approximate surface area is 178 Å². The van der Waals surface area contributed by atoms with Crippen LogP contribution in [-0.2, 0) is 10.0 Å². The molecule has 0 spiro atoms. The van der Waals surface area contributed by atoms with Crippen LogP contribution < -0.4 is 9.46 Å². The maximum Gasteiger partial charge on any atom is 0.261 e. The second-order valence-corrected chi connectivity index (χ2v) is 10.0. The Morgan fingerprint density at radius 2 is 1.83 bits per heavy atom. The monoisotopic (exact) mass is 428 g/mol. The van der Waals surface area contributed by atoms with E-state index in [9.17, 15) is 13.2 Å². The minimum absolute atomic E-state index is 0.0864. The zero-order valence-corrected chi connectivity index (χ0v) is 18.2. The fourth-order valence-corrected chi connectivity index (χ4v) is 5.21. The number of nitrogens with one attached hydrogen (secondary N) is 1. The third-order valence-corrected chi connectivity index (χ3v) is 7.31. The highest BCUT2D eigenvalue weighted by atomic mass is 32.2. The number of benzene rings is 2. The first kappa shape index (κ1) is 20.7. The van der Waals surface area contributed by atoms with Gasteiger partial charge in [-0.05, 0) is 61.1 Å². The predicted molar refractivity (Wildman–Crippen MR) is 117 cm³/mol. The van der Waals surface area contributed by atoms with Crippen LogP contribution in [0, 0.1) is 0 Å². The lowest BCUT2D eigenvalue weighted by Gasteiger charge is -2.37. The summed E-state index contributed by atoms with van der Waals surface area (Å²) in [6.07, 6.45) is 3.93. The molecule has 1 fully saturated rings. The molecule has 1 amide bonds. The highest BCUT2D eigenvalue weighted by molar-refractivity contribution is 7.92. The molecule has 1 N–H and O–H groups in total. The van der Waals surface area contributed by atoms with Crippen molar-refractivity contribution >= 4 is 21.6 Å². The molecule has 1 saturated heterocycles. The number of sulfonamides is 1. The van der Waals surface area contributed by atoms with Crippen molar-refractivity contribution in [1.82, 2.24) is 4.90 Å². The van der Waals surface area contributed by atoms with Crippen LogP contribution in [0.25, 0.3) is 0 Å². The number of ether oxygens (including phenoxy) is 1. The molecular formula is C23H28N2O4S. The van der Waals surface area contributed by atoms with Crippen molar-refractivity contribution in [2.45, 2.75) is 56.4 Å². The molecule has 0 aliphatic carbocycles. The summed E-state index contributed by atoms with van der Waals surface area (Å²) >= 11 is 0. The number of nitrogens with zero attached hydrogens (tertiary/aromatic N) is 1. The molecule has 2 heterocycles. The highest BCUT2D eigenvalue weighted by Crippen LogP contribution is 2.31. The van der Waals surface area contributed by atoms with Gasteiger partial charge in [0.15, 0.2) is 0 Å². The van der Waals surface area contributed by atoms with Crippen molar-refractivity contribution < 1.29 is 17.9 Å². The van der Waals surface area contributed by atoms with Crippen LogP contribution in [0.2, 0.25) is 0 Å². The van der Waals surface area contributed by atoms with Gasteiger partial charge in [-0.25, -0.2) is 8.42 Å². The Balaban J connectivity index is 1.61. The molecular weight excluding hydrogens is 400 g/mol. The SMILES string of the molecule is CC(C)c1ccc(S(=O)(=O)Nc2ccc3c(c2)C(=O)N2CCCCC2CCO3)cc1. The largest absolute Gasteiger partial charge is 0.493 e. The van der Waals surface area contributed by atoms with E-state index in [0.29, 0.717) is 29.5 Å². The fourth-order valence-electron chi connectivity index (χ4n) is 4.16. The minimum atomic E-state index is -3.76. The second kappa shape index (κ2) is 8.30. The fraction of sp³-hybridized carbons (Fsp3) is 0.435. The third kappa shape index (κ3) is 4.17. The number of amides is 1. The van der Waals surface area contributed by atoms with E-state index in [2.05, 4.69) is 18.6 Å². The van der Waals surface area contributed by atoms with E-state index in [1.807, 2.05) is 17.0 Å². The summed E-state index contributed by atoms with van der Waals surface area (Å²) < 4.78 is 34.1. The summed E-state index contributed by atoms with van der Waals surface area (Å²) in [5.74, 6) is 0.748. The zero-order chi connectivity index (χ0) is 21.3. The van der Waals surface area contributed by atoms with Crippen LogP contribution in [0.1, 0.15) is 61.4 Å². The first-order valence-electron chi connectivity index (χ1n) is 10.6. The normalized spacial score (nSPS) is 19.4. The van der Waals surface area contributed by atoms with Crippen molar-refractivity contribution in [2.75, 3.05) is 17.9 Å². The number of anilines is 1. The predicted octanol–water partition coefficient (Wildman–Crippen LogP) is 4.39. The number of hydrogen-bond donors (Lipinski definition) is 1. The summed E-state index contributed by atoms with van der Waals surface area (Å²) in [6.45, 7) is 5.41. The number of hydrogen-bond acceptors (Lipinski definition) is 4. The van der Waals surface area contributed by atoms with Crippen molar-refractivity contribution in [3.63, 3.8) is 0 Å². The molecule has 1 atom stereocenters. The van der Waals surface area contributed by atoms with Crippen molar-refractivity contribution in [2.24, 2.45) is 0 Å². The van der Waals surface area contributed by atoms with Crippen LogP contribution in [-0.4, -0.2) is 38.4 Å². The van der Waals surface area contributed by atoms with Crippen LogP contribution in [0.5, 0.6) is 5.75 Å². The van der Waals surface area contributed by atoms with E-state index in [1.54, 1.807) is 30.3 Å². The summed E-state index contributed by atoms with van der Waals surface area (Å²) in [4.78, 5) is 15.3. The Hall–Kier alpha value is -2.54. The molecule has 160 valence electrons. The van der Waals surface area contributed by atoms with Crippen molar-refractivity contribution in [3.8, 4) is 5.75 Å². The average molecular weight is 429 g/mol. The zero-order valence-electron chi connectivity index (χ0n) is 17.4. The minimum Gasteiger partial charge on any atom is -0.493 e. The molecule has 0 aromatic heterocycles. The lowest BCUT2D eigenvalue weighted by Crippen LogP contribution is -2.45. The molecule has 2 aliphatic rings. The van der Waals surface area contributed by atoms with Gasteiger partial charge < -0.3 is 9.64 Å². The van der Waals surface area contributed by atoms with Gasteiger partial charge in [0.05, 0.1) is 17.1 Å². The van der Waals surface area contributed by atoms with Gasteiger partial charge >= 0.3 is 0 Å². The first-order chi connectivity index (χ1) is 14.3. The molecule has 2 aromatic rings. The number of piperidine rings is 1. The average Bonchev–Trinajstić information content (AvgIpc) is 2.73. The first-order valence-corrected chi connectivity index (χ1v) is 12.0. The van der Waals surface area contributed by atoms with Crippen molar-refractivity contribution in [3.05, 3.63) is 53.6 Å². The number of rotatable bonds is 4. The van der Waals surface area contributed by atoms with Gasteiger partial charge in [-0.1, -0.05) is 26.0 Å². The molecule has 2 aliphatic heterocycles. The topological polar surface area (TPSA) is 75.7 Å². The maximum atomic E-state index is 13.2. The number of fused-ring (bicyclic) bond motifs is 2. The van der Waals surface area contributed by atoms with E-state index in [0.717, 1.165) is 37.8 Å². The van der Waals surface area contributed by atoms with E-state index >= 15 is 0 Å². The van der Waals surface area contributed by atoms with Gasteiger partial charge in [0, 0.05) is 24.7 Å². The Kier molecular flexibility index (Phi) is 5.73. The molecule has 1 unspecified atom stereocenters. The van der Waals surface area contributed by atoms with E-state index in [4.69, 9.17) is 4.74 Å². The van der Waals surface area contributed by atoms with Crippen LogP contribution in [0.4, 0.5) is 5.69 Å². The van der Waals surface area contributed by atoms with Gasteiger partial charge in [-0.3, -0.25) is 9.52 Å². The van der Waals surface area contributed by atoms with E-state index in [-0.39, 0.29) is 16.8 Å². The highest BCUT2D eigenvalue weighted by Gasteiger charge is 2.31. The van der Waals surface area contributed by atoms with Crippen LogP contribution >= 0.6 is 0 Å². The number of carbonyl (C=O) groups excluding carboxylic acids is 1. The standard InChI is InChI=1S/C23H28N2O4S/c1-16(2)17-6-9-20(10-7-17)30(27,28)24-18-8-11-22-21(15-18)23(26)25-13-4-3-5-19(25)12-14-29-22/h6-11,15-16,19,24H,3-5,12-14H2,1-2H3. The quantitative estimate of drug-likeness (QED) is 0.784. The summed E-state index contributed by atoms with van der Waals surface area (Å²) in [7, 11) is -3.76. The van der Waals surface area contributed by atoms with Gasteiger partial charge in [-0.2, -0.15) is 0 Å². The second-order valence-electron chi connectivity index (χ2n) is 8.33. The van der Waals surface area contributed by atoms with Crippen LogP contribution in [0.15, 0.2) is 47.4 Å². The molecule has 2 aromatic carbocycles. The summed E-state index contributed by atoms with van der Waals surface area (Å²) in [5, 5.41) is 0. The third-order valence-electron chi connectivity index (χ3n) is 5.92. The smallest absolute Gasteiger partial charge is 0.261 e. The lowest BCUT2D eigenvalue weighted by molar-refractivity contribution is 0.0548. The Morgan fingerprint density at radius 3 is 2.57 bits per heavy atom. The van der Waals surface area contributed by atoms with E-state index in [1.165, 1.54) is 0 Å². The summed E-state index contributed by atoms with van der Waals surface area (Å²) in [6, 6.07) is 12.0. The molecule has 0 bridgehead atoms. The van der Waals surface area contributed by atoms with Gasteiger partial charge in [0.1, 0.15) is 5.75 Å².